The van der Waals surface area contributed by atoms with Crippen LogP contribution < -0.4 is 4.72 Å². The van der Waals surface area contributed by atoms with Crippen molar-refractivity contribution in [1.82, 2.24) is 4.72 Å². The molecule has 1 rings (SSSR count). The summed E-state index contributed by atoms with van der Waals surface area (Å²) in [5.41, 5.74) is 0. The van der Waals surface area contributed by atoms with Gasteiger partial charge in [-0.3, -0.25) is 0 Å². The average Bonchev–Trinajstić information content (AvgIpc) is 2.35. The van der Waals surface area contributed by atoms with Crippen molar-refractivity contribution in [2.75, 3.05) is 6.54 Å². The van der Waals surface area contributed by atoms with E-state index in [1.807, 2.05) is 13.8 Å². The Morgan fingerprint density at radius 1 is 1.11 bits per heavy atom. The predicted octanol–water partition coefficient (Wildman–Crippen LogP) is 1.67. The third kappa shape index (κ3) is 4.55. The van der Waals surface area contributed by atoms with Crippen LogP contribution in [0.15, 0.2) is 34.1 Å². The van der Waals surface area contributed by atoms with Gasteiger partial charge in [0, 0.05) is 6.54 Å². The summed E-state index contributed by atoms with van der Waals surface area (Å²) in [5.74, 6) is 0.195. The standard InChI is InChI=1S/C11H16FNO4S2/c1-3-9(2)8-13-19(16,17)11-6-4-10(5-7-11)18(12,14)15/h4-7,9,13H,3,8H2,1-2H3. The molecule has 19 heavy (non-hydrogen) atoms. The van der Waals surface area contributed by atoms with Gasteiger partial charge in [0.1, 0.15) is 0 Å². The van der Waals surface area contributed by atoms with Gasteiger partial charge in [-0.2, -0.15) is 8.42 Å². The molecule has 0 aliphatic heterocycles. The van der Waals surface area contributed by atoms with Crippen LogP contribution in [0.3, 0.4) is 0 Å². The molecule has 1 atom stereocenters. The van der Waals surface area contributed by atoms with Gasteiger partial charge in [0.15, 0.2) is 0 Å². The molecule has 0 saturated heterocycles. The number of sulfonamides is 1. The first kappa shape index (κ1) is 16.1. The SMILES string of the molecule is CCC(C)CNS(=O)(=O)c1ccc(S(=O)(=O)F)cc1. The zero-order chi connectivity index (χ0) is 14.7. The fourth-order valence-corrected chi connectivity index (χ4v) is 2.89. The van der Waals surface area contributed by atoms with E-state index in [0.29, 0.717) is 6.54 Å². The molecule has 1 aromatic carbocycles. The van der Waals surface area contributed by atoms with Gasteiger partial charge in [-0.05, 0) is 30.2 Å². The normalized spacial score (nSPS) is 14.3. The van der Waals surface area contributed by atoms with Crippen molar-refractivity contribution in [2.45, 2.75) is 30.1 Å². The summed E-state index contributed by atoms with van der Waals surface area (Å²) < 4.78 is 60.0. The second-order valence-corrected chi connectivity index (χ2v) is 7.39. The lowest BCUT2D eigenvalue weighted by atomic mass is 10.1. The molecule has 0 fully saturated rings. The van der Waals surface area contributed by atoms with Gasteiger partial charge in [0.25, 0.3) is 0 Å². The van der Waals surface area contributed by atoms with Gasteiger partial charge < -0.3 is 0 Å². The minimum absolute atomic E-state index is 0.0943. The Balaban J connectivity index is 2.91. The molecule has 0 bridgehead atoms. The number of hydrogen-bond donors (Lipinski definition) is 1. The van der Waals surface area contributed by atoms with Crippen molar-refractivity contribution in [3.63, 3.8) is 0 Å². The highest BCUT2D eigenvalue weighted by molar-refractivity contribution is 7.89. The predicted molar refractivity (Wildman–Crippen MR) is 69.4 cm³/mol. The third-order valence-corrected chi connectivity index (χ3v) is 5.01. The Bertz CT molecular complexity index is 623. The first-order valence-corrected chi connectivity index (χ1v) is 8.58. The van der Waals surface area contributed by atoms with Gasteiger partial charge >= 0.3 is 10.2 Å². The van der Waals surface area contributed by atoms with Crippen molar-refractivity contribution in [2.24, 2.45) is 5.92 Å². The van der Waals surface area contributed by atoms with Crippen LogP contribution in [0.1, 0.15) is 20.3 Å². The van der Waals surface area contributed by atoms with Crippen molar-refractivity contribution in [3.8, 4) is 0 Å². The van der Waals surface area contributed by atoms with E-state index in [4.69, 9.17) is 0 Å². The number of nitrogens with one attached hydrogen (secondary N) is 1. The molecule has 0 aliphatic carbocycles. The van der Waals surface area contributed by atoms with Crippen molar-refractivity contribution >= 4 is 20.2 Å². The van der Waals surface area contributed by atoms with E-state index in [1.165, 1.54) is 0 Å². The van der Waals surface area contributed by atoms with E-state index in [-0.39, 0.29) is 10.8 Å². The zero-order valence-electron chi connectivity index (χ0n) is 10.6. The molecule has 0 amide bonds. The van der Waals surface area contributed by atoms with Crippen LogP contribution in [0.5, 0.6) is 0 Å². The van der Waals surface area contributed by atoms with Crippen molar-refractivity contribution in [1.29, 1.82) is 0 Å². The molecule has 108 valence electrons. The van der Waals surface area contributed by atoms with Gasteiger partial charge in [-0.25, -0.2) is 13.1 Å². The van der Waals surface area contributed by atoms with Crippen molar-refractivity contribution < 1.29 is 20.7 Å². The molecule has 1 unspecified atom stereocenters. The van der Waals surface area contributed by atoms with Crippen LogP contribution >= 0.6 is 0 Å². The average molecular weight is 309 g/mol. The maximum atomic E-state index is 12.7. The lowest BCUT2D eigenvalue weighted by Gasteiger charge is -2.10. The van der Waals surface area contributed by atoms with Crippen LogP contribution in [0.2, 0.25) is 0 Å². The quantitative estimate of drug-likeness (QED) is 0.811. The molecule has 0 spiro atoms. The molecular formula is C11H16FNO4S2. The lowest BCUT2D eigenvalue weighted by molar-refractivity contribution is 0.528. The highest BCUT2D eigenvalue weighted by Gasteiger charge is 2.17. The molecule has 0 heterocycles. The van der Waals surface area contributed by atoms with Crippen LogP contribution in [0.4, 0.5) is 3.89 Å². The summed E-state index contributed by atoms with van der Waals surface area (Å²) in [6, 6.07) is 3.97. The minimum Gasteiger partial charge on any atom is -0.211 e. The van der Waals surface area contributed by atoms with E-state index in [1.54, 1.807) is 0 Å². The summed E-state index contributed by atoms with van der Waals surface area (Å²) in [6.07, 6.45) is 0.835. The Morgan fingerprint density at radius 3 is 2.00 bits per heavy atom. The van der Waals surface area contributed by atoms with Crippen molar-refractivity contribution in [3.05, 3.63) is 24.3 Å². The maximum Gasteiger partial charge on any atom is 0.332 e. The van der Waals surface area contributed by atoms with Crippen LogP contribution in [0.25, 0.3) is 0 Å². The number of rotatable bonds is 6. The maximum absolute atomic E-state index is 12.7. The van der Waals surface area contributed by atoms with Gasteiger partial charge in [-0.15, -0.1) is 3.89 Å². The molecule has 0 radical (unpaired) electrons. The summed E-state index contributed by atoms with van der Waals surface area (Å²) in [7, 11) is -8.50. The Labute approximate surface area is 113 Å². The van der Waals surface area contributed by atoms with Gasteiger partial charge in [0.05, 0.1) is 9.79 Å². The molecule has 1 aromatic rings. The molecule has 0 aliphatic rings. The van der Waals surface area contributed by atoms with Crippen LogP contribution in [-0.2, 0) is 20.2 Å². The molecule has 1 N–H and O–H groups in total. The van der Waals surface area contributed by atoms with E-state index < -0.39 is 25.1 Å². The highest BCUT2D eigenvalue weighted by atomic mass is 32.3. The van der Waals surface area contributed by atoms with Crippen LogP contribution in [-0.4, -0.2) is 23.4 Å². The third-order valence-electron chi connectivity index (χ3n) is 2.73. The second-order valence-electron chi connectivity index (χ2n) is 4.27. The lowest BCUT2D eigenvalue weighted by Crippen LogP contribution is -2.28. The van der Waals surface area contributed by atoms with E-state index in [0.717, 1.165) is 30.7 Å². The number of halogens is 1. The van der Waals surface area contributed by atoms with Gasteiger partial charge in [0.2, 0.25) is 10.0 Å². The van der Waals surface area contributed by atoms with E-state index in [2.05, 4.69) is 4.72 Å². The largest absolute Gasteiger partial charge is 0.332 e. The monoisotopic (exact) mass is 309 g/mol. The van der Waals surface area contributed by atoms with E-state index >= 15 is 0 Å². The first-order valence-electron chi connectivity index (χ1n) is 5.71. The highest BCUT2D eigenvalue weighted by Crippen LogP contribution is 2.16. The molecular weight excluding hydrogens is 293 g/mol. The second kappa shape index (κ2) is 5.98. The summed E-state index contributed by atoms with van der Waals surface area (Å²) in [5, 5.41) is 0. The Kier molecular flexibility index (Phi) is 5.05. The first-order chi connectivity index (χ1) is 8.66. The minimum atomic E-state index is -4.81. The molecule has 0 saturated carbocycles. The topological polar surface area (TPSA) is 80.3 Å². The van der Waals surface area contributed by atoms with E-state index in [9.17, 15) is 20.7 Å². The number of hydrogen-bond acceptors (Lipinski definition) is 4. The fraction of sp³-hybridized carbons (Fsp3) is 0.455. The summed E-state index contributed by atoms with van der Waals surface area (Å²) >= 11 is 0. The Hall–Kier alpha value is -0.990. The summed E-state index contributed by atoms with van der Waals surface area (Å²) in [4.78, 5) is -0.656. The summed E-state index contributed by atoms with van der Waals surface area (Å²) in [6.45, 7) is 4.14. The Morgan fingerprint density at radius 2 is 1.58 bits per heavy atom. The molecule has 5 nitrogen and oxygen atoms in total. The van der Waals surface area contributed by atoms with Crippen LogP contribution in [0, 0.1) is 5.92 Å². The number of benzene rings is 1. The zero-order valence-corrected chi connectivity index (χ0v) is 12.3. The molecule has 0 aromatic heterocycles. The molecule has 8 heteroatoms. The smallest absolute Gasteiger partial charge is 0.211 e. The van der Waals surface area contributed by atoms with Gasteiger partial charge in [-0.1, -0.05) is 20.3 Å². The fourth-order valence-electron chi connectivity index (χ4n) is 1.26.